The monoisotopic (exact) mass is 378 g/mol. The number of aryl methyl sites for hydroxylation is 1. The Balaban J connectivity index is 2.26. The highest BCUT2D eigenvalue weighted by atomic mass is 32.2. The summed E-state index contributed by atoms with van der Waals surface area (Å²) in [5.41, 5.74) is 2.20. The third kappa shape index (κ3) is 2.95. The summed E-state index contributed by atoms with van der Waals surface area (Å²) in [7, 11) is -2.88. The van der Waals surface area contributed by atoms with Crippen molar-refractivity contribution in [2.24, 2.45) is 0 Å². The number of ether oxygens (including phenoxy) is 1. The summed E-state index contributed by atoms with van der Waals surface area (Å²) in [6, 6.07) is 20.4. The van der Waals surface area contributed by atoms with Crippen molar-refractivity contribution in [3.63, 3.8) is 0 Å². The van der Waals surface area contributed by atoms with Crippen LogP contribution in [0, 0.1) is 6.92 Å². The molecule has 0 heterocycles. The van der Waals surface area contributed by atoms with Crippen LogP contribution >= 0.6 is 0 Å². The topological polar surface area (TPSA) is 63.6 Å². The lowest BCUT2D eigenvalue weighted by Crippen LogP contribution is -2.03. The summed E-state index contributed by atoms with van der Waals surface area (Å²) < 4.78 is 39.8. The molecule has 0 aliphatic heterocycles. The number of fused-ring (bicyclic) bond motifs is 2. The van der Waals surface area contributed by atoms with Crippen molar-refractivity contribution in [1.29, 1.82) is 0 Å². The SMILES string of the molecule is COc1ccc2cc(C)ccc2c1-c1c(S(=O)(=O)O)ccc2ccccc12. The van der Waals surface area contributed by atoms with Crippen molar-refractivity contribution in [2.75, 3.05) is 7.11 Å². The molecule has 0 saturated heterocycles. The van der Waals surface area contributed by atoms with Gasteiger partial charge >= 0.3 is 0 Å². The number of hydrogen-bond acceptors (Lipinski definition) is 3. The smallest absolute Gasteiger partial charge is 0.295 e. The lowest BCUT2D eigenvalue weighted by molar-refractivity contribution is 0.417. The fraction of sp³-hybridized carbons (Fsp3) is 0.0909. The zero-order valence-corrected chi connectivity index (χ0v) is 15.7. The summed E-state index contributed by atoms with van der Waals surface area (Å²) in [4.78, 5) is -0.132. The van der Waals surface area contributed by atoms with Crippen LogP contribution in [-0.4, -0.2) is 20.1 Å². The Labute approximate surface area is 157 Å². The minimum atomic E-state index is -4.43. The Bertz CT molecular complexity index is 1290. The van der Waals surface area contributed by atoms with Crippen molar-refractivity contribution in [2.45, 2.75) is 11.8 Å². The van der Waals surface area contributed by atoms with E-state index in [1.807, 2.05) is 61.5 Å². The fourth-order valence-electron chi connectivity index (χ4n) is 3.58. The van der Waals surface area contributed by atoms with E-state index in [-0.39, 0.29) is 4.90 Å². The average molecular weight is 378 g/mol. The van der Waals surface area contributed by atoms with Gasteiger partial charge in [0.25, 0.3) is 10.1 Å². The molecular formula is C22H18O4S. The minimum absolute atomic E-state index is 0.132. The predicted molar refractivity (Wildman–Crippen MR) is 108 cm³/mol. The van der Waals surface area contributed by atoms with Crippen LogP contribution in [0.25, 0.3) is 32.7 Å². The van der Waals surface area contributed by atoms with E-state index >= 15 is 0 Å². The third-order valence-corrected chi connectivity index (χ3v) is 5.67. The Kier molecular flexibility index (Phi) is 4.13. The largest absolute Gasteiger partial charge is 0.496 e. The Morgan fingerprint density at radius 3 is 2.26 bits per heavy atom. The predicted octanol–water partition coefficient (Wildman–Crippen LogP) is 5.22. The molecular weight excluding hydrogens is 360 g/mol. The molecule has 0 aliphatic rings. The van der Waals surface area contributed by atoms with Crippen molar-refractivity contribution in [3.8, 4) is 16.9 Å². The normalized spacial score (nSPS) is 11.8. The number of benzene rings is 4. The van der Waals surface area contributed by atoms with Gasteiger partial charge in [-0.25, -0.2) is 0 Å². The zero-order valence-electron chi connectivity index (χ0n) is 14.9. The maximum absolute atomic E-state index is 12.2. The maximum atomic E-state index is 12.2. The van der Waals surface area contributed by atoms with Crippen LogP contribution in [0.5, 0.6) is 5.75 Å². The van der Waals surface area contributed by atoms with Gasteiger partial charge in [0, 0.05) is 11.1 Å². The summed E-state index contributed by atoms with van der Waals surface area (Å²) in [6.45, 7) is 2.00. The van der Waals surface area contributed by atoms with Gasteiger partial charge in [0.05, 0.1) is 7.11 Å². The van der Waals surface area contributed by atoms with Crippen LogP contribution in [0.3, 0.4) is 0 Å². The molecule has 4 rings (SSSR count). The van der Waals surface area contributed by atoms with Gasteiger partial charge < -0.3 is 4.74 Å². The van der Waals surface area contributed by atoms with E-state index in [2.05, 4.69) is 0 Å². The van der Waals surface area contributed by atoms with Crippen molar-refractivity contribution in [3.05, 3.63) is 72.3 Å². The van der Waals surface area contributed by atoms with Crippen molar-refractivity contribution >= 4 is 31.7 Å². The molecule has 0 radical (unpaired) electrons. The first-order valence-corrected chi connectivity index (χ1v) is 9.91. The molecule has 136 valence electrons. The Morgan fingerprint density at radius 1 is 0.815 bits per heavy atom. The molecule has 0 unspecified atom stereocenters. The van der Waals surface area contributed by atoms with E-state index in [0.29, 0.717) is 16.9 Å². The molecule has 27 heavy (non-hydrogen) atoms. The van der Waals surface area contributed by atoms with Crippen molar-refractivity contribution < 1.29 is 17.7 Å². The van der Waals surface area contributed by atoms with Gasteiger partial charge in [-0.05, 0) is 40.6 Å². The van der Waals surface area contributed by atoms with Crippen LogP contribution < -0.4 is 4.74 Å². The summed E-state index contributed by atoms with van der Waals surface area (Å²) >= 11 is 0. The molecule has 4 aromatic carbocycles. The number of rotatable bonds is 3. The maximum Gasteiger partial charge on any atom is 0.295 e. The molecule has 0 aliphatic carbocycles. The van der Waals surface area contributed by atoms with Gasteiger partial charge in [0.2, 0.25) is 0 Å². The highest BCUT2D eigenvalue weighted by molar-refractivity contribution is 7.86. The highest BCUT2D eigenvalue weighted by Gasteiger charge is 2.23. The van der Waals surface area contributed by atoms with Crippen molar-refractivity contribution in [1.82, 2.24) is 0 Å². The van der Waals surface area contributed by atoms with Gasteiger partial charge in [0.15, 0.2) is 0 Å². The van der Waals surface area contributed by atoms with E-state index in [1.54, 1.807) is 13.2 Å². The second-order valence-electron chi connectivity index (χ2n) is 6.50. The first kappa shape index (κ1) is 17.5. The molecule has 0 saturated carbocycles. The van der Waals surface area contributed by atoms with E-state index in [9.17, 15) is 13.0 Å². The molecule has 0 spiro atoms. The summed E-state index contributed by atoms with van der Waals surface area (Å²) in [5.74, 6) is 0.549. The standard InChI is InChI=1S/C22H18O4S/c1-14-7-10-18-16(13-14)8-11-19(26-2)21(18)22-17-6-4-3-5-15(17)9-12-20(22)27(23,24)25/h3-13H,1-2H3,(H,23,24,25). The molecule has 4 aromatic rings. The second kappa shape index (κ2) is 6.37. The first-order chi connectivity index (χ1) is 12.9. The Morgan fingerprint density at radius 2 is 1.52 bits per heavy atom. The number of methoxy groups -OCH3 is 1. The second-order valence-corrected chi connectivity index (χ2v) is 7.89. The molecule has 1 N–H and O–H groups in total. The van der Waals surface area contributed by atoms with E-state index in [4.69, 9.17) is 4.74 Å². The van der Waals surface area contributed by atoms with Gasteiger partial charge in [-0.3, -0.25) is 4.55 Å². The molecule has 0 atom stereocenters. The van der Waals surface area contributed by atoms with Crippen LogP contribution in [0.1, 0.15) is 5.56 Å². The van der Waals surface area contributed by atoms with Gasteiger partial charge in [0.1, 0.15) is 10.6 Å². The van der Waals surface area contributed by atoms with Crippen LogP contribution in [0.4, 0.5) is 0 Å². The lowest BCUT2D eigenvalue weighted by atomic mass is 9.92. The molecule has 0 aromatic heterocycles. The molecule has 4 nitrogen and oxygen atoms in total. The molecule has 5 heteroatoms. The minimum Gasteiger partial charge on any atom is -0.496 e. The van der Waals surface area contributed by atoms with E-state index in [1.165, 1.54) is 6.07 Å². The Hall–Kier alpha value is -2.89. The van der Waals surface area contributed by atoms with Gasteiger partial charge in [-0.15, -0.1) is 0 Å². The quantitative estimate of drug-likeness (QED) is 0.496. The van der Waals surface area contributed by atoms with Crippen LogP contribution in [0.15, 0.2) is 71.6 Å². The zero-order chi connectivity index (χ0) is 19.2. The summed E-state index contributed by atoms with van der Waals surface area (Å²) in [5, 5.41) is 3.45. The number of hydrogen-bond donors (Lipinski definition) is 1. The lowest BCUT2D eigenvalue weighted by Gasteiger charge is -2.17. The van der Waals surface area contributed by atoms with E-state index < -0.39 is 10.1 Å². The molecule has 0 bridgehead atoms. The first-order valence-electron chi connectivity index (χ1n) is 8.47. The highest BCUT2D eigenvalue weighted by Crippen LogP contribution is 2.43. The summed E-state index contributed by atoms with van der Waals surface area (Å²) in [6.07, 6.45) is 0. The molecule has 0 fully saturated rings. The van der Waals surface area contributed by atoms with E-state index in [0.717, 1.165) is 27.1 Å². The fourth-order valence-corrected chi connectivity index (χ4v) is 4.29. The van der Waals surface area contributed by atoms with Gasteiger partial charge in [-0.2, -0.15) is 8.42 Å². The average Bonchev–Trinajstić information content (AvgIpc) is 2.65. The van der Waals surface area contributed by atoms with Crippen LogP contribution in [-0.2, 0) is 10.1 Å². The third-order valence-electron chi connectivity index (χ3n) is 4.78. The van der Waals surface area contributed by atoms with Gasteiger partial charge in [-0.1, -0.05) is 60.2 Å². The molecule has 0 amide bonds. The van der Waals surface area contributed by atoms with Crippen LogP contribution in [0.2, 0.25) is 0 Å².